The Hall–Kier alpha value is -2.88. The van der Waals surface area contributed by atoms with Crippen LogP contribution in [0.25, 0.3) is 33.1 Å². The molecule has 0 unspecified atom stereocenters. The first-order chi connectivity index (χ1) is 10.3. The van der Waals surface area contributed by atoms with Crippen molar-refractivity contribution in [3.8, 4) is 17.0 Å². The smallest absolute Gasteiger partial charge is 0.221 e. The van der Waals surface area contributed by atoms with Crippen molar-refractivity contribution in [2.24, 2.45) is 0 Å². The van der Waals surface area contributed by atoms with Crippen molar-refractivity contribution in [2.75, 3.05) is 7.11 Å². The highest BCUT2D eigenvalue weighted by atomic mass is 16.5. The van der Waals surface area contributed by atoms with Gasteiger partial charge in [0.1, 0.15) is 5.65 Å². The van der Waals surface area contributed by atoms with Gasteiger partial charge in [-0.3, -0.25) is 0 Å². The lowest BCUT2D eigenvalue weighted by Gasteiger charge is -2.09. The van der Waals surface area contributed by atoms with E-state index in [1.54, 1.807) is 7.11 Å². The molecule has 0 spiro atoms. The zero-order valence-corrected chi connectivity index (χ0v) is 11.5. The van der Waals surface area contributed by atoms with Crippen molar-refractivity contribution in [1.29, 1.82) is 0 Å². The number of nitrogens with zero attached hydrogens (tertiary/aromatic N) is 2. The number of aromatic amines is 1. The van der Waals surface area contributed by atoms with Gasteiger partial charge in [-0.2, -0.15) is 0 Å². The van der Waals surface area contributed by atoms with Gasteiger partial charge in [-0.05, 0) is 24.3 Å². The summed E-state index contributed by atoms with van der Waals surface area (Å²) in [5.41, 5.74) is 3.75. The van der Waals surface area contributed by atoms with E-state index >= 15 is 0 Å². The van der Waals surface area contributed by atoms with Gasteiger partial charge in [0.15, 0.2) is 0 Å². The van der Waals surface area contributed by atoms with Crippen LogP contribution in [0.3, 0.4) is 0 Å². The molecule has 1 aromatic carbocycles. The van der Waals surface area contributed by atoms with Gasteiger partial charge < -0.3 is 9.72 Å². The highest BCUT2D eigenvalue weighted by Crippen LogP contribution is 2.32. The van der Waals surface area contributed by atoms with Crippen molar-refractivity contribution in [1.82, 2.24) is 15.0 Å². The first-order valence-electron chi connectivity index (χ1n) is 6.72. The van der Waals surface area contributed by atoms with Gasteiger partial charge in [-0.15, -0.1) is 0 Å². The van der Waals surface area contributed by atoms with Crippen LogP contribution < -0.4 is 4.74 Å². The Kier molecular flexibility index (Phi) is 2.60. The molecular weight excluding hydrogens is 262 g/mol. The number of nitrogens with one attached hydrogen (secondary N) is 1. The zero-order valence-electron chi connectivity index (χ0n) is 11.5. The molecule has 0 aliphatic heterocycles. The summed E-state index contributed by atoms with van der Waals surface area (Å²) in [5.74, 6) is 0.616. The largest absolute Gasteiger partial charge is 0.481 e. The molecule has 1 N–H and O–H groups in total. The summed E-state index contributed by atoms with van der Waals surface area (Å²) in [4.78, 5) is 12.1. The average Bonchev–Trinajstić information content (AvgIpc) is 3.01. The van der Waals surface area contributed by atoms with E-state index in [9.17, 15) is 0 Å². The molecule has 0 saturated heterocycles. The molecule has 0 bridgehead atoms. The normalized spacial score (nSPS) is 11.1. The number of aromatic nitrogens is 3. The zero-order chi connectivity index (χ0) is 14.2. The van der Waals surface area contributed by atoms with Crippen LogP contribution in [-0.4, -0.2) is 22.1 Å². The second kappa shape index (κ2) is 4.59. The predicted molar refractivity (Wildman–Crippen MR) is 83.4 cm³/mol. The van der Waals surface area contributed by atoms with Crippen LogP contribution in [0.1, 0.15) is 0 Å². The predicted octanol–water partition coefficient (Wildman–Crippen LogP) is 3.79. The van der Waals surface area contributed by atoms with Crippen molar-refractivity contribution < 1.29 is 4.74 Å². The quantitative estimate of drug-likeness (QED) is 0.605. The van der Waals surface area contributed by atoms with E-state index in [0.717, 1.165) is 33.1 Å². The molecule has 0 aliphatic carbocycles. The third kappa shape index (κ3) is 1.92. The molecule has 0 fully saturated rings. The van der Waals surface area contributed by atoms with Crippen LogP contribution in [0.2, 0.25) is 0 Å². The molecule has 4 aromatic rings. The first kappa shape index (κ1) is 11.9. The Bertz CT molecular complexity index is 943. The van der Waals surface area contributed by atoms with Gasteiger partial charge in [-0.25, -0.2) is 9.97 Å². The summed E-state index contributed by atoms with van der Waals surface area (Å²) in [6.07, 6.45) is 3.73. The summed E-state index contributed by atoms with van der Waals surface area (Å²) in [6, 6.07) is 14.2. The second-order valence-corrected chi connectivity index (χ2v) is 4.88. The van der Waals surface area contributed by atoms with E-state index in [1.807, 2.05) is 42.7 Å². The number of fused-ring (bicyclic) bond motifs is 2. The number of hydrogen-bond donors (Lipinski definition) is 1. The van der Waals surface area contributed by atoms with Crippen LogP contribution in [0, 0.1) is 0 Å². The maximum atomic E-state index is 5.45. The fourth-order valence-corrected chi connectivity index (χ4v) is 2.55. The molecule has 3 aromatic heterocycles. The highest BCUT2D eigenvalue weighted by Gasteiger charge is 2.11. The van der Waals surface area contributed by atoms with Gasteiger partial charge >= 0.3 is 0 Å². The lowest BCUT2D eigenvalue weighted by atomic mass is 10.1. The minimum absolute atomic E-state index is 0.616. The summed E-state index contributed by atoms with van der Waals surface area (Å²) >= 11 is 0. The van der Waals surface area contributed by atoms with E-state index in [2.05, 4.69) is 27.1 Å². The summed E-state index contributed by atoms with van der Waals surface area (Å²) in [5, 5.41) is 2.16. The number of benzene rings is 1. The lowest BCUT2D eigenvalue weighted by Crippen LogP contribution is -1.93. The molecule has 21 heavy (non-hydrogen) atoms. The van der Waals surface area contributed by atoms with Gasteiger partial charge in [0.25, 0.3) is 0 Å². The number of H-pyrrole nitrogens is 1. The Morgan fingerprint density at radius 2 is 1.95 bits per heavy atom. The van der Waals surface area contributed by atoms with Crippen LogP contribution in [-0.2, 0) is 0 Å². The standard InChI is InChI=1S/C17H13N3O/c1-21-17-14(9-11-4-2-3-5-15(11)20-17)13-8-12-6-7-18-16(12)19-10-13/h2-10H,1H3,(H,18,19). The fraction of sp³-hybridized carbons (Fsp3) is 0.0588. The molecule has 3 heterocycles. The number of pyridine rings is 2. The Balaban J connectivity index is 1.98. The molecular formula is C17H13N3O. The summed E-state index contributed by atoms with van der Waals surface area (Å²) in [6.45, 7) is 0. The minimum atomic E-state index is 0.616. The Morgan fingerprint density at radius 1 is 1.05 bits per heavy atom. The molecule has 0 amide bonds. The van der Waals surface area contributed by atoms with Crippen molar-refractivity contribution in [3.63, 3.8) is 0 Å². The molecule has 0 saturated carbocycles. The van der Waals surface area contributed by atoms with E-state index in [4.69, 9.17) is 4.74 Å². The number of methoxy groups -OCH3 is 1. The molecule has 0 radical (unpaired) electrons. The lowest BCUT2D eigenvalue weighted by molar-refractivity contribution is 0.401. The molecule has 4 heteroatoms. The van der Waals surface area contributed by atoms with Gasteiger partial charge in [-0.1, -0.05) is 18.2 Å². The Labute approximate surface area is 121 Å². The van der Waals surface area contributed by atoms with Crippen molar-refractivity contribution in [3.05, 3.63) is 54.9 Å². The number of para-hydroxylation sites is 1. The second-order valence-electron chi connectivity index (χ2n) is 4.88. The van der Waals surface area contributed by atoms with Crippen LogP contribution >= 0.6 is 0 Å². The van der Waals surface area contributed by atoms with Crippen molar-refractivity contribution in [2.45, 2.75) is 0 Å². The maximum absolute atomic E-state index is 5.45. The van der Waals surface area contributed by atoms with E-state index in [0.29, 0.717) is 5.88 Å². The molecule has 102 valence electrons. The van der Waals surface area contributed by atoms with E-state index in [1.165, 1.54) is 0 Å². The van der Waals surface area contributed by atoms with Crippen LogP contribution in [0.15, 0.2) is 54.9 Å². The number of ether oxygens (including phenoxy) is 1. The summed E-state index contributed by atoms with van der Waals surface area (Å²) < 4.78 is 5.45. The van der Waals surface area contributed by atoms with Gasteiger partial charge in [0, 0.05) is 34.3 Å². The van der Waals surface area contributed by atoms with Gasteiger partial charge in [0.05, 0.1) is 12.6 Å². The SMILES string of the molecule is COc1nc2ccccc2cc1-c1cnc2[nH]ccc2c1. The van der Waals surface area contributed by atoms with Gasteiger partial charge in [0.2, 0.25) is 5.88 Å². The van der Waals surface area contributed by atoms with Crippen LogP contribution in [0.4, 0.5) is 0 Å². The molecule has 0 aliphatic rings. The van der Waals surface area contributed by atoms with E-state index in [-0.39, 0.29) is 0 Å². The topological polar surface area (TPSA) is 50.8 Å². The highest BCUT2D eigenvalue weighted by molar-refractivity contribution is 5.88. The molecule has 4 nitrogen and oxygen atoms in total. The number of hydrogen-bond acceptors (Lipinski definition) is 3. The average molecular weight is 275 g/mol. The third-order valence-electron chi connectivity index (χ3n) is 3.59. The molecule has 0 atom stereocenters. The van der Waals surface area contributed by atoms with Crippen molar-refractivity contribution >= 4 is 21.9 Å². The van der Waals surface area contributed by atoms with Crippen LogP contribution in [0.5, 0.6) is 5.88 Å². The third-order valence-corrected chi connectivity index (χ3v) is 3.59. The van der Waals surface area contributed by atoms with E-state index < -0.39 is 0 Å². The minimum Gasteiger partial charge on any atom is -0.481 e. The Morgan fingerprint density at radius 3 is 2.86 bits per heavy atom. The first-order valence-corrected chi connectivity index (χ1v) is 6.72. The number of rotatable bonds is 2. The maximum Gasteiger partial charge on any atom is 0.221 e. The molecule has 4 rings (SSSR count). The summed E-state index contributed by atoms with van der Waals surface area (Å²) in [7, 11) is 1.64. The monoisotopic (exact) mass is 275 g/mol. The fourth-order valence-electron chi connectivity index (χ4n) is 2.55.